The minimum absolute atomic E-state index is 0.119. The van der Waals surface area contributed by atoms with Gasteiger partial charge in [0, 0.05) is 6.07 Å². The van der Waals surface area contributed by atoms with E-state index < -0.39 is 17.6 Å². The second-order valence-corrected chi connectivity index (χ2v) is 4.40. The highest BCUT2D eigenvalue weighted by Crippen LogP contribution is 2.31. The van der Waals surface area contributed by atoms with E-state index in [0.29, 0.717) is 0 Å². The number of ether oxygens (including phenoxy) is 1. The van der Waals surface area contributed by atoms with Crippen molar-refractivity contribution >= 4 is 21.9 Å². The maximum atomic E-state index is 13.9. The van der Waals surface area contributed by atoms with E-state index >= 15 is 0 Å². The average Bonchev–Trinajstić information content (AvgIpc) is 2.35. The van der Waals surface area contributed by atoms with Crippen molar-refractivity contribution < 1.29 is 23.4 Å². The van der Waals surface area contributed by atoms with Gasteiger partial charge in [0.15, 0.2) is 11.6 Å². The molecule has 0 amide bonds. The number of hydrogen-bond donors (Lipinski definition) is 1. The van der Waals surface area contributed by atoms with Crippen molar-refractivity contribution in [1.29, 1.82) is 0 Å². The van der Waals surface area contributed by atoms with Crippen LogP contribution in [0.5, 0.6) is 11.5 Å². The summed E-state index contributed by atoms with van der Waals surface area (Å²) in [6.07, 6.45) is 0. The highest BCUT2D eigenvalue weighted by Gasteiger charge is 2.17. The van der Waals surface area contributed by atoms with Crippen molar-refractivity contribution in [2.45, 2.75) is 0 Å². The van der Waals surface area contributed by atoms with Crippen molar-refractivity contribution in [2.75, 3.05) is 0 Å². The second-order valence-electron chi connectivity index (χ2n) is 3.60. The van der Waals surface area contributed by atoms with Crippen LogP contribution in [0.4, 0.5) is 8.78 Å². The first-order valence-corrected chi connectivity index (χ1v) is 5.93. The number of carboxylic acid groups (broad SMARTS) is 1. The molecule has 98 valence electrons. The Morgan fingerprint density at radius 1 is 1.21 bits per heavy atom. The lowest BCUT2D eigenvalue weighted by Crippen LogP contribution is -2.00. The molecule has 0 unspecified atom stereocenters. The van der Waals surface area contributed by atoms with Crippen LogP contribution in [0.3, 0.4) is 0 Å². The van der Waals surface area contributed by atoms with Crippen LogP contribution in [0.15, 0.2) is 40.9 Å². The summed E-state index contributed by atoms with van der Waals surface area (Å²) in [5.41, 5.74) is -0.218. The summed E-state index contributed by atoms with van der Waals surface area (Å²) in [5.74, 6) is -2.71. The van der Waals surface area contributed by atoms with Gasteiger partial charge in [0.25, 0.3) is 0 Å². The molecule has 2 rings (SSSR count). The van der Waals surface area contributed by atoms with Gasteiger partial charge in [0.1, 0.15) is 11.6 Å². The van der Waals surface area contributed by atoms with Crippen LogP contribution >= 0.6 is 15.9 Å². The second kappa shape index (κ2) is 5.36. The summed E-state index contributed by atoms with van der Waals surface area (Å²) < 4.78 is 31.8. The molecule has 0 aromatic heterocycles. The minimum Gasteiger partial charge on any atom is -0.478 e. The predicted octanol–water partition coefficient (Wildman–Crippen LogP) is 4.22. The van der Waals surface area contributed by atoms with Crippen LogP contribution in [-0.2, 0) is 0 Å². The molecule has 0 aliphatic rings. The summed E-state index contributed by atoms with van der Waals surface area (Å²) in [5, 5.41) is 8.82. The van der Waals surface area contributed by atoms with E-state index in [0.717, 1.165) is 6.07 Å². The maximum absolute atomic E-state index is 13.9. The van der Waals surface area contributed by atoms with E-state index in [4.69, 9.17) is 9.84 Å². The Labute approximate surface area is 115 Å². The summed E-state index contributed by atoms with van der Waals surface area (Å²) in [6.45, 7) is 0. The first-order valence-electron chi connectivity index (χ1n) is 5.13. The van der Waals surface area contributed by atoms with Crippen LogP contribution in [-0.4, -0.2) is 11.1 Å². The molecule has 3 nitrogen and oxygen atoms in total. The molecule has 2 aromatic rings. The van der Waals surface area contributed by atoms with Crippen LogP contribution in [0.2, 0.25) is 0 Å². The summed E-state index contributed by atoms with van der Waals surface area (Å²) in [6, 6.07) is 7.58. The summed E-state index contributed by atoms with van der Waals surface area (Å²) >= 11 is 2.85. The Morgan fingerprint density at radius 3 is 2.58 bits per heavy atom. The highest BCUT2D eigenvalue weighted by molar-refractivity contribution is 9.10. The third-order valence-corrected chi connectivity index (χ3v) is 3.08. The Kier molecular flexibility index (Phi) is 3.80. The fraction of sp³-hybridized carbons (Fsp3) is 0. The lowest BCUT2D eigenvalue weighted by molar-refractivity contribution is 0.0695. The standard InChI is InChI=1S/C13H7BrF2O3/c14-11-9(13(17)18)4-5-10(12(11)16)19-8-3-1-2-7(15)6-8/h1-6H,(H,17,18). The molecular formula is C13H7BrF2O3. The number of benzene rings is 2. The number of halogens is 3. The zero-order valence-corrected chi connectivity index (χ0v) is 10.9. The van der Waals surface area contributed by atoms with E-state index in [1.165, 1.54) is 30.3 Å². The third-order valence-electron chi connectivity index (χ3n) is 2.30. The molecule has 0 atom stereocenters. The quantitative estimate of drug-likeness (QED) is 0.917. The van der Waals surface area contributed by atoms with Gasteiger partial charge >= 0.3 is 5.97 Å². The Hall–Kier alpha value is -1.95. The number of carboxylic acids is 1. The minimum atomic E-state index is -1.26. The number of rotatable bonds is 3. The Morgan fingerprint density at radius 2 is 1.95 bits per heavy atom. The molecule has 2 aromatic carbocycles. The molecule has 0 aliphatic heterocycles. The molecule has 0 aliphatic carbocycles. The highest BCUT2D eigenvalue weighted by atomic mass is 79.9. The molecule has 1 N–H and O–H groups in total. The molecule has 0 fully saturated rings. The molecule has 0 radical (unpaired) electrons. The largest absolute Gasteiger partial charge is 0.478 e. The predicted molar refractivity (Wildman–Crippen MR) is 67.5 cm³/mol. The monoisotopic (exact) mass is 328 g/mol. The van der Waals surface area contributed by atoms with E-state index in [1.54, 1.807) is 0 Å². The third kappa shape index (κ3) is 2.90. The number of carbonyl (C=O) groups is 1. The van der Waals surface area contributed by atoms with Crippen molar-refractivity contribution in [3.8, 4) is 11.5 Å². The summed E-state index contributed by atoms with van der Waals surface area (Å²) in [4.78, 5) is 10.8. The van der Waals surface area contributed by atoms with Gasteiger partial charge in [-0.15, -0.1) is 0 Å². The Bertz CT molecular complexity index is 644. The zero-order valence-electron chi connectivity index (χ0n) is 9.36. The first-order chi connectivity index (χ1) is 8.99. The molecule has 0 spiro atoms. The van der Waals surface area contributed by atoms with Gasteiger partial charge in [-0.05, 0) is 40.2 Å². The van der Waals surface area contributed by atoms with Crippen LogP contribution < -0.4 is 4.74 Å². The van der Waals surface area contributed by atoms with Gasteiger partial charge in [-0.1, -0.05) is 6.07 Å². The average molecular weight is 329 g/mol. The fourth-order valence-electron chi connectivity index (χ4n) is 1.43. The van der Waals surface area contributed by atoms with Crippen LogP contribution in [0, 0.1) is 11.6 Å². The Balaban J connectivity index is 2.37. The topological polar surface area (TPSA) is 46.5 Å². The molecule has 19 heavy (non-hydrogen) atoms. The van der Waals surface area contributed by atoms with Gasteiger partial charge in [0.05, 0.1) is 10.0 Å². The molecule has 0 saturated carbocycles. The van der Waals surface area contributed by atoms with Gasteiger partial charge in [-0.25, -0.2) is 13.6 Å². The zero-order chi connectivity index (χ0) is 14.0. The van der Waals surface area contributed by atoms with Crippen molar-refractivity contribution in [3.63, 3.8) is 0 Å². The molecule has 0 saturated heterocycles. The fourth-order valence-corrected chi connectivity index (χ4v) is 1.93. The summed E-state index contributed by atoms with van der Waals surface area (Å²) in [7, 11) is 0. The van der Waals surface area contributed by atoms with Crippen LogP contribution in [0.25, 0.3) is 0 Å². The number of hydrogen-bond acceptors (Lipinski definition) is 2. The van der Waals surface area contributed by atoms with Gasteiger partial charge in [-0.3, -0.25) is 0 Å². The van der Waals surface area contributed by atoms with E-state index in [1.807, 2.05) is 0 Å². The lowest BCUT2D eigenvalue weighted by atomic mass is 10.2. The lowest BCUT2D eigenvalue weighted by Gasteiger charge is -2.09. The SMILES string of the molecule is O=C(O)c1ccc(Oc2cccc(F)c2)c(F)c1Br. The first kappa shape index (κ1) is 13.5. The van der Waals surface area contributed by atoms with Crippen molar-refractivity contribution in [1.82, 2.24) is 0 Å². The van der Waals surface area contributed by atoms with Crippen molar-refractivity contribution in [2.24, 2.45) is 0 Å². The van der Waals surface area contributed by atoms with Gasteiger partial charge in [0.2, 0.25) is 0 Å². The van der Waals surface area contributed by atoms with Gasteiger partial charge in [-0.2, -0.15) is 0 Å². The van der Waals surface area contributed by atoms with Crippen LogP contribution in [0.1, 0.15) is 10.4 Å². The van der Waals surface area contributed by atoms with E-state index in [2.05, 4.69) is 15.9 Å². The number of aromatic carboxylic acids is 1. The molecule has 6 heteroatoms. The van der Waals surface area contributed by atoms with E-state index in [-0.39, 0.29) is 21.5 Å². The van der Waals surface area contributed by atoms with E-state index in [9.17, 15) is 13.6 Å². The van der Waals surface area contributed by atoms with Gasteiger partial charge < -0.3 is 9.84 Å². The maximum Gasteiger partial charge on any atom is 0.336 e. The molecule has 0 heterocycles. The van der Waals surface area contributed by atoms with Crippen molar-refractivity contribution in [3.05, 3.63) is 58.1 Å². The smallest absolute Gasteiger partial charge is 0.336 e. The molecule has 0 bridgehead atoms. The normalized spacial score (nSPS) is 10.3. The molecular weight excluding hydrogens is 322 g/mol.